The highest BCUT2D eigenvalue weighted by Gasteiger charge is 2.34. The van der Waals surface area contributed by atoms with Gasteiger partial charge in [0.15, 0.2) is 0 Å². The molecule has 2 N–H and O–H groups in total. The quantitative estimate of drug-likeness (QED) is 0.604. The van der Waals surface area contributed by atoms with Crippen LogP contribution in [-0.4, -0.2) is 36.2 Å². The molecule has 0 unspecified atom stereocenters. The van der Waals surface area contributed by atoms with Gasteiger partial charge in [-0.05, 0) is 25.3 Å². The first kappa shape index (κ1) is 19.2. The van der Waals surface area contributed by atoms with Crippen LogP contribution in [0, 0.1) is 5.41 Å². The molecule has 0 fully saturated rings. The number of carbonyl (C=O) groups is 2. The Morgan fingerprint density at radius 1 is 1.22 bits per heavy atom. The van der Waals surface area contributed by atoms with Crippen molar-refractivity contribution in [2.24, 2.45) is 11.1 Å². The summed E-state index contributed by atoms with van der Waals surface area (Å²) in [7, 11) is 1.70. The van der Waals surface area contributed by atoms with Crippen LogP contribution in [0.3, 0.4) is 0 Å². The van der Waals surface area contributed by atoms with Crippen LogP contribution in [0.15, 0.2) is 12.2 Å². The third kappa shape index (κ3) is 6.55. The molecule has 0 aromatic rings. The summed E-state index contributed by atoms with van der Waals surface area (Å²) in [5, 5.41) is 0. The van der Waals surface area contributed by atoms with Crippen molar-refractivity contribution in [2.45, 2.75) is 47.1 Å². The van der Waals surface area contributed by atoms with Crippen LogP contribution in [0.2, 0.25) is 0 Å². The van der Waals surface area contributed by atoms with Gasteiger partial charge in [0.05, 0.1) is 0 Å². The number of likely N-dealkylation sites (N-methyl/N-ethyl adjacent to an activating group) is 1. The minimum atomic E-state index is -0.379. The number of hydrogen-bond donors (Lipinski definition) is 1. The summed E-state index contributed by atoms with van der Waals surface area (Å²) in [6.07, 6.45) is 3.04. The molecule has 18 heavy (non-hydrogen) atoms. The second kappa shape index (κ2) is 8.03. The molecule has 0 saturated carbocycles. The molecule has 0 aromatic heterocycles. The second-order valence-corrected chi connectivity index (χ2v) is 5.30. The highest BCUT2D eigenvalue weighted by molar-refractivity contribution is 5.90. The number of nitrogens with two attached hydrogens (primary N) is 1. The number of amides is 1. The minimum absolute atomic E-state index is 0.190. The number of nitrogens with zero attached hydrogens (tertiary/aromatic N) is 1. The molecule has 1 amide bonds. The van der Waals surface area contributed by atoms with Crippen molar-refractivity contribution in [1.82, 2.24) is 4.90 Å². The molecule has 0 saturated heterocycles. The molecule has 0 aliphatic rings. The fourth-order valence-corrected chi connectivity index (χ4v) is 1.12. The molecule has 0 bridgehead atoms. The first-order valence-electron chi connectivity index (χ1n) is 6.27. The highest BCUT2D eigenvalue weighted by Crippen LogP contribution is 2.28. The smallest absolute Gasteiger partial charge is 0.246 e. The first-order valence-corrected chi connectivity index (χ1v) is 6.27. The maximum atomic E-state index is 11.5. The van der Waals surface area contributed by atoms with Gasteiger partial charge in [-0.25, -0.2) is 0 Å². The standard InChI is InChI=1S/C12H22N2O2.C2H6/c1-11(2,12(3,4)13)9-14(5)10(16)7-6-8-15;1-2/h6-8H,9,13H2,1-5H3;1-2H3/b7-6-;. The summed E-state index contributed by atoms with van der Waals surface area (Å²) in [5.41, 5.74) is 5.47. The van der Waals surface area contributed by atoms with Crippen LogP contribution >= 0.6 is 0 Å². The predicted molar refractivity (Wildman–Crippen MR) is 76.2 cm³/mol. The lowest BCUT2D eigenvalue weighted by molar-refractivity contribution is -0.126. The lowest BCUT2D eigenvalue weighted by Gasteiger charge is -2.41. The second-order valence-electron chi connectivity index (χ2n) is 5.30. The van der Waals surface area contributed by atoms with Crippen LogP contribution in [0.25, 0.3) is 0 Å². The highest BCUT2D eigenvalue weighted by atomic mass is 16.2. The molecule has 0 radical (unpaired) electrons. The molecule has 4 heteroatoms. The molecule has 106 valence electrons. The van der Waals surface area contributed by atoms with Gasteiger partial charge in [0.1, 0.15) is 6.29 Å². The van der Waals surface area contributed by atoms with Crippen molar-refractivity contribution in [3.05, 3.63) is 12.2 Å². The summed E-state index contributed by atoms with van der Waals surface area (Å²) in [6.45, 7) is 12.4. The van der Waals surface area contributed by atoms with Crippen molar-refractivity contribution in [1.29, 1.82) is 0 Å². The van der Waals surface area contributed by atoms with E-state index in [1.165, 1.54) is 12.2 Å². The van der Waals surface area contributed by atoms with Crippen LogP contribution in [0.1, 0.15) is 41.5 Å². The molecule has 0 atom stereocenters. The van der Waals surface area contributed by atoms with Gasteiger partial charge in [0, 0.05) is 25.2 Å². The van der Waals surface area contributed by atoms with Crippen molar-refractivity contribution < 1.29 is 9.59 Å². The third-order valence-electron chi connectivity index (χ3n) is 3.07. The summed E-state index contributed by atoms with van der Waals surface area (Å²) in [4.78, 5) is 23.2. The van der Waals surface area contributed by atoms with Crippen LogP contribution in [0.5, 0.6) is 0 Å². The fraction of sp³-hybridized carbons (Fsp3) is 0.714. The monoisotopic (exact) mass is 256 g/mol. The van der Waals surface area contributed by atoms with Gasteiger partial charge < -0.3 is 10.6 Å². The Hall–Kier alpha value is -1.16. The Morgan fingerprint density at radius 2 is 1.67 bits per heavy atom. The molecule has 0 aromatic carbocycles. The maximum Gasteiger partial charge on any atom is 0.246 e. The van der Waals surface area contributed by atoms with E-state index in [0.29, 0.717) is 12.8 Å². The van der Waals surface area contributed by atoms with E-state index in [1.807, 2.05) is 41.5 Å². The average molecular weight is 256 g/mol. The van der Waals surface area contributed by atoms with E-state index < -0.39 is 0 Å². The van der Waals surface area contributed by atoms with Crippen LogP contribution < -0.4 is 5.73 Å². The van der Waals surface area contributed by atoms with E-state index in [2.05, 4.69) is 0 Å². The summed E-state index contributed by atoms with van der Waals surface area (Å²) in [6, 6.07) is 0. The maximum absolute atomic E-state index is 11.5. The zero-order chi connectivity index (χ0) is 15.0. The largest absolute Gasteiger partial charge is 0.342 e. The Kier molecular flexibility index (Phi) is 8.56. The van der Waals surface area contributed by atoms with Crippen molar-refractivity contribution >= 4 is 12.2 Å². The van der Waals surface area contributed by atoms with Crippen molar-refractivity contribution in [2.75, 3.05) is 13.6 Å². The summed E-state index contributed by atoms with van der Waals surface area (Å²) < 4.78 is 0. The molecule has 0 aliphatic carbocycles. The van der Waals surface area contributed by atoms with E-state index in [-0.39, 0.29) is 16.9 Å². The topological polar surface area (TPSA) is 63.4 Å². The lowest BCUT2D eigenvalue weighted by atomic mass is 9.75. The molecule has 4 nitrogen and oxygen atoms in total. The Balaban J connectivity index is 0. The SMILES string of the molecule is CC.CN(CC(C)(C)C(C)(C)N)C(=O)/C=C\C=O. The Labute approximate surface area is 111 Å². The number of hydrogen-bond acceptors (Lipinski definition) is 3. The van der Waals surface area contributed by atoms with E-state index in [1.54, 1.807) is 11.9 Å². The Morgan fingerprint density at radius 3 is 2.00 bits per heavy atom. The van der Waals surface area contributed by atoms with Crippen LogP contribution in [-0.2, 0) is 9.59 Å². The minimum Gasteiger partial charge on any atom is -0.342 e. The summed E-state index contributed by atoms with van der Waals surface area (Å²) in [5.74, 6) is -0.190. The van der Waals surface area contributed by atoms with Crippen LogP contribution in [0.4, 0.5) is 0 Å². The van der Waals surface area contributed by atoms with Gasteiger partial charge in [0.25, 0.3) is 0 Å². The number of rotatable bonds is 5. The lowest BCUT2D eigenvalue weighted by Crippen LogP contribution is -2.53. The van der Waals surface area contributed by atoms with Crippen molar-refractivity contribution in [3.8, 4) is 0 Å². The van der Waals surface area contributed by atoms with Gasteiger partial charge >= 0.3 is 0 Å². The molecular formula is C14H28N2O2. The number of aldehydes is 1. The fourth-order valence-electron chi connectivity index (χ4n) is 1.12. The van der Waals surface area contributed by atoms with E-state index in [9.17, 15) is 9.59 Å². The molecule has 0 rings (SSSR count). The number of allylic oxidation sites excluding steroid dienone is 1. The normalized spacial score (nSPS) is 11.8. The zero-order valence-electron chi connectivity index (χ0n) is 12.8. The molecule has 0 aliphatic heterocycles. The zero-order valence-corrected chi connectivity index (χ0v) is 12.8. The number of carbonyl (C=O) groups excluding carboxylic acids is 2. The van der Waals surface area contributed by atoms with Crippen molar-refractivity contribution in [3.63, 3.8) is 0 Å². The van der Waals surface area contributed by atoms with Gasteiger partial charge in [-0.2, -0.15) is 0 Å². The Bertz CT molecular complexity index is 289. The molecule has 0 heterocycles. The van der Waals surface area contributed by atoms with Gasteiger partial charge in [0.2, 0.25) is 5.91 Å². The summed E-state index contributed by atoms with van der Waals surface area (Å²) >= 11 is 0. The van der Waals surface area contributed by atoms with E-state index in [0.717, 1.165) is 0 Å². The third-order valence-corrected chi connectivity index (χ3v) is 3.07. The van der Waals surface area contributed by atoms with Gasteiger partial charge in [-0.1, -0.05) is 27.7 Å². The van der Waals surface area contributed by atoms with Gasteiger partial charge in [-0.15, -0.1) is 0 Å². The van der Waals surface area contributed by atoms with Gasteiger partial charge in [-0.3, -0.25) is 9.59 Å². The average Bonchev–Trinajstić information content (AvgIpc) is 2.26. The molecular weight excluding hydrogens is 228 g/mol. The molecule has 0 spiro atoms. The van der Waals surface area contributed by atoms with E-state index >= 15 is 0 Å². The first-order chi connectivity index (χ1) is 8.12. The van der Waals surface area contributed by atoms with E-state index in [4.69, 9.17) is 5.73 Å². The predicted octanol–water partition coefficient (Wildman–Crippen LogP) is 1.99.